The van der Waals surface area contributed by atoms with Gasteiger partial charge in [-0.05, 0) is 30.5 Å². The molecule has 1 unspecified atom stereocenters. The van der Waals surface area contributed by atoms with Crippen LogP contribution < -0.4 is 10.6 Å². The van der Waals surface area contributed by atoms with Crippen molar-refractivity contribution in [3.63, 3.8) is 0 Å². The van der Waals surface area contributed by atoms with Crippen molar-refractivity contribution >= 4 is 22.8 Å². The van der Waals surface area contributed by atoms with E-state index in [2.05, 4.69) is 26.7 Å². The summed E-state index contributed by atoms with van der Waals surface area (Å²) in [4.78, 5) is 31.2. The Morgan fingerprint density at radius 3 is 2.81 bits per heavy atom. The number of H-pyrrole nitrogens is 1. The number of hydrogen-bond acceptors (Lipinski definition) is 3. The number of carbonyl (C=O) groups is 2. The van der Waals surface area contributed by atoms with Crippen molar-refractivity contribution in [2.45, 2.75) is 25.3 Å². The average Bonchev–Trinajstić information content (AvgIpc) is 3.28. The minimum absolute atomic E-state index is 0.0518. The van der Waals surface area contributed by atoms with Crippen LogP contribution in [0, 0.1) is 0 Å². The van der Waals surface area contributed by atoms with Gasteiger partial charge in [0.15, 0.2) is 0 Å². The number of aromatic amines is 1. The summed E-state index contributed by atoms with van der Waals surface area (Å²) in [6, 6.07) is 15.7. The highest BCUT2D eigenvalue weighted by molar-refractivity contribution is 5.90. The lowest BCUT2D eigenvalue weighted by Gasteiger charge is -2.10. The molecule has 0 saturated carbocycles. The van der Waals surface area contributed by atoms with Crippen LogP contribution in [0.2, 0.25) is 0 Å². The van der Waals surface area contributed by atoms with Crippen LogP contribution in [-0.4, -0.2) is 34.4 Å². The average molecular weight is 348 g/mol. The van der Waals surface area contributed by atoms with E-state index in [9.17, 15) is 9.59 Å². The van der Waals surface area contributed by atoms with Gasteiger partial charge in [-0.1, -0.05) is 36.4 Å². The lowest BCUT2D eigenvalue weighted by Crippen LogP contribution is -2.42. The molecule has 0 spiro atoms. The van der Waals surface area contributed by atoms with Crippen molar-refractivity contribution < 1.29 is 9.59 Å². The Morgan fingerprint density at radius 2 is 2.04 bits per heavy atom. The smallest absolute Gasteiger partial charge is 0.242 e. The summed E-state index contributed by atoms with van der Waals surface area (Å²) in [5, 5.41) is 5.57. The van der Waals surface area contributed by atoms with Gasteiger partial charge in [0.25, 0.3) is 0 Å². The Balaban J connectivity index is 1.40. The van der Waals surface area contributed by atoms with Crippen LogP contribution in [0.4, 0.5) is 0 Å². The predicted molar refractivity (Wildman–Crippen MR) is 99.4 cm³/mol. The first-order valence-corrected chi connectivity index (χ1v) is 8.80. The predicted octanol–water partition coefficient (Wildman–Crippen LogP) is 2.17. The fraction of sp³-hybridized carbons (Fsp3) is 0.250. The molecule has 1 saturated heterocycles. The first-order chi connectivity index (χ1) is 12.7. The Bertz CT molecular complexity index is 949. The van der Waals surface area contributed by atoms with Gasteiger partial charge in [0, 0.05) is 18.5 Å². The number of hydrogen-bond donors (Lipinski definition) is 3. The van der Waals surface area contributed by atoms with Crippen LogP contribution in [0.5, 0.6) is 0 Å². The third-order valence-corrected chi connectivity index (χ3v) is 4.62. The van der Waals surface area contributed by atoms with Gasteiger partial charge < -0.3 is 15.6 Å². The van der Waals surface area contributed by atoms with Crippen LogP contribution in [0.1, 0.15) is 18.4 Å². The topological polar surface area (TPSA) is 86.9 Å². The van der Waals surface area contributed by atoms with E-state index in [-0.39, 0.29) is 17.9 Å². The molecule has 2 amide bonds. The van der Waals surface area contributed by atoms with Gasteiger partial charge in [-0.3, -0.25) is 9.59 Å². The van der Waals surface area contributed by atoms with E-state index >= 15 is 0 Å². The van der Waals surface area contributed by atoms with E-state index in [1.165, 1.54) is 0 Å². The maximum absolute atomic E-state index is 12.0. The molecule has 6 nitrogen and oxygen atoms in total. The number of amides is 2. The number of benzene rings is 2. The molecular weight excluding hydrogens is 328 g/mol. The molecule has 1 atom stereocenters. The van der Waals surface area contributed by atoms with Crippen LogP contribution in [0.15, 0.2) is 48.5 Å². The second kappa shape index (κ2) is 7.00. The Hall–Kier alpha value is -3.15. The van der Waals surface area contributed by atoms with Gasteiger partial charge in [-0.25, -0.2) is 4.98 Å². The van der Waals surface area contributed by atoms with Gasteiger partial charge in [-0.2, -0.15) is 0 Å². The van der Waals surface area contributed by atoms with Crippen LogP contribution >= 0.6 is 0 Å². The fourth-order valence-electron chi connectivity index (χ4n) is 3.21. The molecule has 1 aliphatic rings. The molecule has 3 aromatic rings. The first kappa shape index (κ1) is 16.3. The first-order valence-electron chi connectivity index (χ1n) is 8.80. The maximum Gasteiger partial charge on any atom is 0.242 e. The van der Waals surface area contributed by atoms with Crippen molar-refractivity contribution in [2.75, 3.05) is 6.54 Å². The molecule has 1 aliphatic heterocycles. The summed E-state index contributed by atoms with van der Waals surface area (Å²) < 4.78 is 0. The summed E-state index contributed by atoms with van der Waals surface area (Å²) >= 11 is 0. The third-order valence-electron chi connectivity index (χ3n) is 4.62. The Kier molecular flexibility index (Phi) is 4.39. The monoisotopic (exact) mass is 348 g/mol. The van der Waals surface area contributed by atoms with E-state index in [1.54, 1.807) is 0 Å². The summed E-state index contributed by atoms with van der Waals surface area (Å²) in [6.45, 7) is 0.538. The highest BCUT2D eigenvalue weighted by atomic mass is 16.2. The van der Waals surface area contributed by atoms with E-state index in [4.69, 9.17) is 0 Å². The maximum atomic E-state index is 12.0. The number of rotatable bonds is 5. The van der Waals surface area contributed by atoms with E-state index in [0.29, 0.717) is 19.4 Å². The molecule has 3 N–H and O–H groups in total. The lowest BCUT2D eigenvalue weighted by molar-refractivity contribution is -0.125. The second-order valence-corrected chi connectivity index (χ2v) is 6.50. The van der Waals surface area contributed by atoms with Crippen molar-refractivity contribution in [2.24, 2.45) is 0 Å². The molecule has 4 rings (SSSR count). The minimum atomic E-state index is -0.383. The van der Waals surface area contributed by atoms with Crippen LogP contribution in [-0.2, 0) is 16.0 Å². The standard InChI is InChI=1S/C20H20N4O2/c25-18-9-8-16(22-18)20(26)21-11-10-13-6-7-15-17(12-13)24-19(23-15)14-4-2-1-3-5-14/h1-7,12,16H,8-11H2,(H,21,26)(H,22,25)(H,23,24). The molecule has 1 fully saturated rings. The van der Waals surface area contributed by atoms with E-state index in [0.717, 1.165) is 34.4 Å². The molecule has 26 heavy (non-hydrogen) atoms. The summed E-state index contributed by atoms with van der Waals surface area (Å²) in [5.74, 6) is 0.692. The van der Waals surface area contributed by atoms with Crippen molar-refractivity contribution in [3.8, 4) is 11.4 Å². The molecule has 2 aromatic carbocycles. The van der Waals surface area contributed by atoms with Crippen molar-refractivity contribution in [1.82, 2.24) is 20.6 Å². The Morgan fingerprint density at radius 1 is 1.19 bits per heavy atom. The highest BCUT2D eigenvalue weighted by Crippen LogP contribution is 2.21. The zero-order valence-corrected chi connectivity index (χ0v) is 14.3. The van der Waals surface area contributed by atoms with Crippen molar-refractivity contribution in [3.05, 3.63) is 54.1 Å². The number of fused-ring (bicyclic) bond motifs is 1. The number of imidazole rings is 1. The number of carbonyl (C=O) groups excluding carboxylic acids is 2. The zero-order valence-electron chi connectivity index (χ0n) is 14.3. The molecule has 1 aromatic heterocycles. The highest BCUT2D eigenvalue weighted by Gasteiger charge is 2.26. The van der Waals surface area contributed by atoms with Gasteiger partial charge in [-0.15, -0.1) is 0 Å². The second-order valence-electron chi connectivity index (χ2n) is 6.50. The largest absolute Gasteiger partial charge is 0.354 e. The molecule has 0 bridgehead atoms. The molecule has 0 aliphatic carbocycles. The quantitative estimate of drug-likeness (QED) is 0.660. The van der Waals surface area contributed by atoms with Gasteiger partial charge >= 0.3 is 0 Å². The zero-order chi connectivity index (χ0) is 17.9. The van der Waals surface area contributed by atoms with Crippen LogP contribution in [0.25, 0.3) is 22.4 Å². The minimum Gasteiger partial charge on any atom is -0.354 e. The SMILES string of the molecule is O=C1CCC(C(=O)NCCc2ccc3nc(-c4ccccc4)[nH]c3c2)N1. The van der Waals surface area contributed by atoms with Gasteiger partial charge in [0.2, 0.25) is 11.8 Å². The molecular formula is C20H20N4O2. The van der Waals surface area contributed by atoms with Crippen molar-refractivity contribution in [1.29, 1.82) is 0 Å². The fourth-order valence-corrected chi connectivity index (χ4v) is 3.21. The van der Waals surface area contributed by atoms with Gasteiger partial charge in [0.05, 0.1) is 11.0 Å². The summed E-state index contributed by atoms with van der Waals surface area (Å²) in [5.41, 5.74) is 4.08. The summed E-state index contributed by atoms with van der Waals surface area (Å²) in [7, 11) is 0. The number of nitrogens with one attached hydrogen (secondary N) is 3. The third kappa shape index (κ3) is 3.44. The number of nitrogens with zero attached hydrogens (tertiary/aromatic N) is 1. The van der Waals surface area contributed by atoms with Crippen LogP contribution in [0.3, 0.4) is 0 Å². The molecule has 6 heteroatoms. The van der Waals surface area contributed by atoms with E-state index < -0.39 is 0 Å². The van der Waals surface area contributed by atoms with Gasteiger partial charge in [0.1, 0.15) is 11.9 Å². The normalized spacial score (nSPS) is 16.6. The number of aromatic nitrogens is 2. The molecule has 132 valence electrons. The lowest BCUT2D eigenvalue weighted by atomic mass is 10.1. The molecule has 0 radical (unpaired) electrons. The molecule has 2 heterocycles. The Labute approximate surface area is 151 Å². The summed E-state index contributed by atoms with van der Waals surface area (Å²) in [6.07, 6.45) is 1.73. The van der Waals surface area contributed by atoms with E-state index in [1.807, 2.05) is 42.5 Å².